The molecule has 0 spiro atoms. The van der Waals surface area contributed by atoms with Crippen LogP contribution in [0.2, 0.25) is 0 Å². The molecule has 5 nitrogen and oxygen atoms in total. The first kappa shape index (κ1) is 16.1. The van der Waals surface area contributed by atoms with E-state index in [1.807, 2.05) is 32.0 Å². The van der Waals surface area contributed by atoms with Crippen LogP contribution in [0.4, 0.5) is 0 Å². The minimum atomic E-state index is -0.523. The van der Waals surface area contributed by atoms with Gasteiger partial charge in [-0.15, -0.1) is 0 Å². The molecule has 1 atom stereocenters. The Morgan fingerprint density at radius 3 is 2.67 bits per heavy atom. The third-order valence-electron chi connectivity index (χ3n) is 4.28. The van der Waals surface area contributed by atoms with Gasteiger partial charge >= 0.3 is 5.76 Å². The number of benzene rings is 2. The van der Waals surface area contributed by atoms with Crippen LogP contribution in [0.5, 0.6) is 0 Å². The summed E-state index contributed by atoms with van der Waals surface area (Å²) < 4.78 is 6.49. The zero-order valence-corrected chi connectivity index (χ0v) is 14.0. The van der Waals surface area contributed by atoms with E-state index in [9.17, 15) is 9.59 Å². The van der Waals surface area contributed by atoms with Gasteiger partial charge in [0.2, 0.25) is 5.91 Å². The molecule has 0 saturated carbocycles. The van der Waals surface area contributed by atoms with E-state index in [0.29, 0.717) is 11.1 Å². The Kier molecular flexibility index (Phi) is 4.25. The van der Waals surface area contributed by atoms with Gasteiger partial charge in [0.25, 0.3) is 0 Å². The molecule has 24 heavy (non-hydrogen) atoms. The lowest BCUT2D eigenvalue weighted by molar-refractivity contribution is -0.122. The molecule has 1 N–H and O–H groups in total. The Labute approximate surface area is 139 Å². The molecule has 124 valence electrons. The van der Waals surface area contributed by atoms with Gasteiger partial charge in [0, 0.05) is 0 Å². The summed E-state index contributed by atoms with van der Waals surface area (Å²) in [6.07, 6.45) is 0. The van der Waals surface area contributed by atoms with Crippen LogP contribution in [0.25, 0.3) is 11.1 Å². The molecule has 0 aliphatic rings. The maximum absolute atomic E-state index is 12.3. The second kappa shape index (κ2) is 6.35. The Bertz CT molecular complexity index is 953. The van der Waals surface area contributed by atoms with Crippen molar-refractivity contribution in [3.63, 3.8) is 0 Å². The summed E-state index contributed by atoms with van der Waals surface area (Å²) in [6.45, 7) is 5.96. The fourth-order valence-electron chi connectivity index (χ4n) is 2.71. The average molecular weight is 324 g/mol. The van der Waals surface area contributed by atoms with Gasteiger partial charge in [-0.25, -0.2) is 4.79 Å². The van der Waals surface area contributed by atoms with E-state index in [1.54, 1.807) is 18.2 Å². The monoisotopic (exact) mass is 324 g/mol. The highest BCUT2D eigenvalue weighted by molar-refractivity contribution is 5.79. The molecule has 1 unspecified atom stereocenters. The molecule has 5 heteroatoms. The number of hydrogen-bond donors (Lipinski definition) is 1. The highest BCUT2D eigenvalue weighted by Gasteiger charge is 2.15. The maximum atomic E-state index is 12.3. The van der Waals surface area contributed by atoms with Gasteiger partial charge in [-0.1, -0.05) is 30.3 Å². The summed E-state index contributed by atoms with van der Waals surface area (Å²) in [7, 11) is 0. The molecule has 0 fully saturated rings. The fraction of sp³-hybridized carbons (Fsp3) is 0.263. The first-order valence-electron chi connectivity index (χ1n) is 7.90. The van der Waals surface area contributed by atoms with Crippen molar-refractivity contribution in [3.05, 3.63) is 69.7 Å². The standard InChI is InChI=1S/C19H20N2O3/c1-12-8-9-15(10-13(12)2)14(3)20-18(22)11-21-16-6-4-5-7-17(16)24-19(21)23/h4-10,14H,11H2,1-3H3,(H,20,22). The van der Waals surface area contributed by atoms with Crippen LogP contribution >= 0.6 is 0 Å². The molecule has 3 rings (SSSR count). The lowest BCUT2D eigenvalue weighted by atomic mass is 10.0. The van der Waals surface area contributed by atoms with E-state index in [0.717, 1.165) is 5.56 Å². The minimum absolute atomic E-state index is 0.0645. The van der Waals surface area contributed by atoms with E-state index in [1.165, 1.54) is 15.7 Å². The number of hydrogen-bond acceptors (Lipinski definition) is 3. The summed E-state index contributed by atoms with van der Waals surface area (Å²) in [5.41, 5.74) is 4.55. The zero-order valence-electron chi connectivity index (χ0n) is 14.0. The number of rotatable bonds is 4. The second-order valence-corrected chi connectivity index (χ2v) is 6.05. The van der Waals surface area contributed by atoms with E-state index >= 15 is 0 Å². The number of amides is 1. The zero-order chi connectivity index (χ0) is 17.3. The van der Waals surface area contributed by atoms with Crippen molar-refractivity contribution in [2.24, 2.45) is 0 Å². The number of carbonyl (C=O) groups is 1. The highest BCUT2D eigenvalue weighted by Crippen LogP contribution is 2.17. The second-order valence-electron chi connectivity index (χ2n) is 6.05. The van der Waals surface area contributed by atoms with Gasteiger partial charge in [0.15, 0.2) is 5.58 Å². The minimum Gasteiger partial charge on any atom is -0.408 e. The lowest BCUT2D eigenvalue weighted by Crippen LogP contribution is -2.32. The summed E-state index contributed by atoms with van der Waals surface area (Å²) in [6, 6.07) is 13.1. The summed E-state index contributed by atoms with van der Waals surface area (Å²) in [5, 5.41) is 2.93. The van der Waals surface area contributed by atoms with Crippen molar-refractivity contribution < 1.29 is 9.21 Å². The quantitative estimate of drug-likeness (QED) is 0.802. The largest absolute Gasteiger partial charge is 0.420 e. The van der Waals surface area contributed by atoms with Gasteiger partial charge in [0.1, 0.15) is 6.54 Å². The van der Waals surface area contributed by atoms with Crippen molar-refractivity contribution in [2.45, 2.75) is 33.4 Å². The SMILES string of the molecule is Cc1ccc(C(C)NC(=O)Cn2c(=O)oc3ccccc32)cc1C. The third kappa shape index (κ3) is 3.11. The molecule has 0 aliphatic carbocycles. The van der Waals surface area contributed by atoms with E-state index in [4.69, 9.17) is 4.42 Å². The van der Waals surface area contributed by atoms with Gasteiger partial charge in [-0.05, 0) is 49.6 Å². The maximum Gasteiger partial charge on any atom is 0.420 e. The van der Waals surface area contributed by atoms with Crippen LogP contribution in [-0.2, 0) is 11.3 Å². The Balaban J connectivity index is 1.76. The molecular weight excluding hydrogens is 304 g/mol. The van der Waals surface area contributed by atoms with E-state index in [-0.39, 0.29) is 18.5 Å². The van der Waals surface area contributed by atoms with Crippen LogP contribution in [0.15, 0.2) is 51.7 Å². The van der Waals surface area contributed by atoms with Gasteiger partial charge < -0.3 is 9.73 Å². The molecule has 3 aromatic rings. The molecule has 2 aromatic carbocycles. The summed E-state index contributed by atoms with van der Waals surface area (Å²) in [4.78, 5) is 24.3. The summed E-state index contributed by atoms with van der Waals surface area (Å²) >= 11 is 0. The van der Waals surface area contributed by atoms with Crippen LogP contribution < -0.4 is 11.1 Å². The van der Waals surface area contributed by atoms with Crippen molar-refractivity contribution in [1.29, 1.82) is 0 Å². The van der Waals surface area contributed by atoms with Gasteiger partial charge in [0.05, 0.1) is 11.6 Å². The molecule has 0 bridgehead atoms. The number of aromatic nitrogens is 1. The Morgan fingerprint density at radius 1 is 1.17 bits per heavy atom. The molecule has 1 aromatic heterocycles. The van der Waals surface area contributed by atoms with Crippen LogP contribution in [0, 0.1) is 13.8 Å². The summed E-state index contributed by atoms with van der Waals surface area (Å²) in [5.74, 6) is -0.750. The van der Waals surface area contributed by atoms with Crippen molar-refractivity contribution in [2.75, 3.05) is 0 Å². The van der Waals surface area contributed by atoms with Crippen molar-refractivity contribution in [1.82, 2.24) is 9.88 Å². The van der Waals surface area contributed by atoms with E-state index < -0.39 is 5.76 Å². The number of para-hydroxylation sites is 2. The topological polar surface area (TPSA) is 64.2 Å². The number of fused-ring (bicyclic) bond motifs is 1. The number of aryl methyl sites for hydroxylation is 2. The molecule has 1 amide bonds. The first-order valence-corrected chi connectivity index (χ1v) is 7.90. The van der Waals surface area contributed by atoms with E-state index in [2.05, 4.69) is 18.3 Å². The van der Waals surface area contributed by atoms with Crippen LogP contribution in [0.3, 0.4) is 0 Å². The molecule has 0 aliphatic heterocycles. The fourth-order valence-corrected chi connectivity index (χ4v) is 2.71. The number of oxazole rings is 1. The number of nitrogens with one attached hydrogen (secondary N) is 1. The molecule has 0 saturated heterocycles. The highest BCUT2D eigenvalue weighted by atomic mass is 16.4. The number of carbonyl (C=O) groups excluding carboxylic acids is 1. The predicted octanol–water partition coefficient (Wildman–Crippen LogP) is 3.09. The Hall–Kier alpha value is -2.82. The average Bonchev–Trinajstić information content (AvgIpc) is 2.86. The first-order chi connectivity index (χ1) is 11.5. The number of nitrogens with zero attached hydrogens (tertiary/aromatic N) is 1. The van der Waals surface area contributed by atoms with Crippen molar-refractivity contribution >= 4 is 17.0 Å². The third-order valence-corrected chi connectivity index (χ3v) is 4.28. The normalized spacial score (nSPS) is 12.3. The van der Waals surface area contributed by atoms with Crippen LogP contribution in [-0.4, -0.2) is 10.5 Å². The van der Waals surface area contributed by atoms with Crippen LogP contribution in [0.1, 0.15) is 29.7 Å². The van der Waals surface area contributed by atoms with Gasteiger partial charge in [-0.2, -0.15) is 0 Å². The lowest BCUT2D eigenvalue weighted by Gasteiger charge is -2.16. The smallest absolute Gasteiger partial charge is 0.408 e. The molecule has 0 radical (unpaired) electrons. The van der Waals surface area contributed by atoms with Gasteiger partial charge in [-0.3, -0.25) is 9.36 Å². The predicted molar refractivity (Wildman–Crippen MR) is 92.9 cm³/mol. The molecular formula is C19H20N2O3. The van der Waals surface area contributed by atoms with Crippen molar-refractivity contribution in [3.8, 4) is 0 Å². The Morgan fingerprint density at radius 2 is 1.92 bits per heavy atom. The molecule has 1 heterocycles.